The van der Waals surface area contributed by atoms with Crippen LogP contribution in [-0.4, -0.2) is 55.3 Å². The normalized spacial score (nSPS) is 30.5. The molecule has 2 N–H and O–H groups in total. The number of nitrogens with one attached hydrogen (secondary N) is 1. The Hall–Kier alpha value is -1.59. The third-order valence-corrected chi connectivity index (χ3v) is 5.19. The van der Waals surface area contributed by atoms with Gasteiger partial charge >= 0.3 is 0 Å². The first kappa shape index (κ1) is 17.2. The number of hydrogen-bond acceptors (Lipinski definition) is 4. The number of nitrogens with zero attached hydrogens (tertiary/aromatic N) is 1. The topological polar surface area (TPSA) is 61.8 Å². The number of carbonyl (C=O) groups excluding carboxylic acids is 1. The molecule has 132 valence electrons. The highest BCUT2D eigenvalue weighted by Gasteiger charge is 2.35. The average Bonchev–Trinajstić information content (AvgIpc) is 3.10. The fourth-order valence-corrected chi connectivity index (χ4v) is 3.86. The molecule has 0 radical (unpaired) electrons. The second kappa shape index (κ2) is 7.99. The lowest BCUT2D eigenvalue weighted by Gasteiger charge is -2.30. The van der Waals surface area contributed by atoms with E-state index in [0.29, 0.717) is 32.1 Å². The standard InChI is InChI=1S/C19H28N2O3/c1-2-24-13-17-14(7-6-8-18(17)22)15-11-20-12-16(15)19(23)21-9-4-3-5-10-21/h6-8,16-17,20,22H,2-5,9-13H2,1H3/b15-14+. The van der Waals surface area contributed by atoms with Crippen molar-refractivity contribution in [3.63, 3.8) is 0 Å². The Morgan fingerprint density at radius 3 is 2.92 bits per heavy atom. The molecule has 0 bridgehead atoms. The van der Waals surface area contributed by atoms with Gasteiger partial charge in [0.2, 0.25) is 5.91 Å². The van der Waals surface area contributed by atoms with Crippen molar-refractivity contribution in [2.24, 2.45) is 11.8 Å². The molecule has 2 saturated heterocycles. The molecule has 1 amide bonds. The monoisotopic (exact) mass is 332 g/mol. The number of aliphatic hydroxyl groups is 1. The number of hydrogen-bond donors (Lipinski definition) is 2. The van der Waals surface area contributed by atoms with Crippen molar-refractivity contribution < 1.29 is 14.6 Å². The smallest absolute Gasteiger partial charge is 0.231 e. The van der Waals surface area contributed by atoms with Crippen molar-refractivity contribution in [1.29, 1.82) is 0 Å². The predicted molar refractivity (Wildman–Crippen MR) is 93.7 cm³/mol. The third-order valence-electron chi connectivity index (χ3n) is 5.19. The van der Waals surface area contributed by atoms with Gasteiger partial charge in [0.1, 0.15) is 5.76 Å². The molecule has 5 heteroatoms. The van der Waals surface area contributed by atoms with E-state index in [-0.39, 0.29) is 17.7 Å². The molecular formula is C19H28N2O3. The number of carbonyl (C=O) groups is 1. The molecule has 2 unspecified atom stereocenters. The Morgan fingerprint density at radius 1 is 1.38 bits per heavy atom. The number of ether oxygens (including phenoxy) is 1. The van der Waals surface area contributed by atoms with Gasteiger partial charge in [0.25, 0.3) is 0 Å². The summed E-state index contributed by atoms with van der Waals surface area (Å²) in [6.45, 7) is 6.17. The van der Waals surface area contributed by atoms with E-state index >= 15 is 0 Å². The maximum atomic E-state index is 13.0. The van der Waals surface area contributed by atoms with Crippen LogP contribution in [0.2, 0.25) is 0 Å². The molecule has 0 saturated carbocycles. The van der Waals surface area contributed by atoms with Crippen LogP contribution in [0.1, 0.15) is 26.2 Å². The Bertz CT molecular complexity index is 559. The lowest BCUT2D eigenvalue weighted by molar-refractivity contribution is -0.134. The van der Waals surface area contributed by atoms with E-state index in [2.05, 4.69) is 5.32 Å². The fourth-order valence-electron chi connectivity index (χ4n) is 3.86. The first-order valence-electron chi connectivity index (χ1n) is 9.09. The number of amides is 1. The van der Waals surface area contributed by atoms with Gasteiger partial charge in [-0.2, -0.15) is 0 Å². The summed E-state index contributed by atoms with van der Waals surface area (Å²) in [5.41, 5.74) is 2.16. The Kier molecular flexibility index (Phi) is 5.74. The summed E-state index contributed by atoms with van der Waals surface area (Å²) in [7, 11) is 0. The summed E-state index contributed by atoms with van der Waals surface area (Å²) in [5.74, 6) is 0.281. The van der Waals surface area contributed by atoms with Crippen molar-refractivity contribution in [1.82, 2.24) is 10.2 Å². The van der Waals surface area contributed by atoms with Crippen molar-refractivity contribution in [2.75, 3.05) is 39.4 Å². The van der Waals surface area contributed by atoms with Gasteiger partial charge in [-0.25, -0.2) is 0 Å². The molecule has 0 spiro atoms. The van der Waals surface area contributed by atoms with Crippen molar-refractivity contribution in [3.05, 3.63) is 35.1 Å². The van der Waals surface area contributed by atoms with Crippen LogP contribution in [0.4, 0.5) is 0 Å². The van der Waals surface area contributed by atoms with E-state index in [4.69, 9.17) is 4.74 Å². The van der Waals surface area contributed by atoms with Gasteiger partial charge in [-0.05, 0) is 43.4 Å². The Labute approximate surface area is 144 Å². The van der Waals surface area contributed by atoms with Crippen LogP contribution in [0.25, 0.3) is 0 Å². The summed E-state index contributed by atoms with van der Waals surface area (Å²) in [6, 6.07) is 0. The summed E-state index contributed by atoms with van der Waals surface area (Å²) in [4.78, 5) is 15.0. The zero-order valence-corrected chi connectivity index (χ0v) is 14.5. The molecule has 2 atom stereocenters. The number of aliphatic hydroxyl groups excluding tert-OH is 1. The first-order chi connectivity index (χ1) is 11.7. The minimum atomic E-state index is -0.165. The van der Waals surface area contributed by atoms with E-state index in [9.17, 15) is 9.90 Å². The number of piperidine rings is 1. The SMILES string of the molecule is CCOCC1C(O)=CC=C/C1=C1/CNCC1C(=O)N1CCCCC1. The molecule has 5 nitrogen and oxygen atoms in total. The van der Waals surface area contributed by atoms with E-state index < -0.39 is 0 Å². The van der Waals surface area contributed by atoms with Crippen LogP contribution < -0.4 is 5.32 Å². The third kappa shape index (κ3) is 3.57. The molecule has 3 rings (SSSR count). The molecule has 2 fully saturated rings. The van der Waals surface area contributed by atoms with Crippen molar-refractivity contribution in [2.45, 2.75) is 26.2 Å². The predicted octanol–water partition coefficient (Wildman–Crippen LogP) is 2.18. The van der Waals surface area contributed by atoms with Crippen LogP contribution in [0.5, 0.6) is 0 Å². The highest BCUT2D eigenvalue weighted by Crippen LogP contribution is 2.33. The van der Waals surface area contributed by atoms with Gasteiger partial charge in [-0.15, -0.1) is 0 Å². The van der Waals surface area contributed by atoms with E-state index in [1.165, 1.54) is 6.42 Å². The van der Waals surface area contributed by atoms with Gasteiger partial charge in [0.05, 0.1) is 18.4 Å². The van der Waals surface area contributed by atoms with Gasteiger partial charge in [0, 0.05) is 32.8 Å². The summed E-state index contributed by atoms with van der Waals surface area (Å²) >= 11 is 0. The van der Waals surface area contributed by atoms with Crippen LogP contribution in [0.15, 0.2) is 35.1 Å². The minimum absolute atomic E-state index is 0.113. The minimum Gasteiger partial charge on any atom is -0.512 e. The summed E-state index contributed by atoms with van der Waals surface area (Å²) in [6.07, 6.45) is 9.04. The lowest BCUT2D eigenvalue weighted by atomic mass is 9.85. The quantitative estimate of drug-likeness (QED) is 0.828. The largest absolute Gasteiger partial charge is 0.512 e. The van der Waals surface area contributed by atoms with Crippen LogP contribution in [0, 0.1) is 11.8 Å². The second-order valence-corrected chi connectivity index (χ2v) is 6.71. The van der Waals surface area contributed by atoms with E-state index in [0.717, 1.165) is 37.1 Å². The molecule has 1 aliphatic carbocycles. The number of rotatable bonds is 4. The van der Waals surface area contributed by atoms with Crippen molar-refractivity contribution >= 4 is 5.91 Å². The maximum Gasteiger partial charge on any atom is 0.231 e. The summed E-state index contributed by atoms with van der Waals surface area (Å²) < 4.78 is 5.56. The zero-order chi connectivity index (χ0) is 16.9. The molecule has 24 heavy (non-hydrogen) atoms. The molecule has 2 aliphatic heterocycles. The molecule has 0 aromatic rings. The van der Waals surface area contributed by atoms with Gasteiger partial charge in [0.15, 0.2) is 0 Å². The maximum absolute atomic E-state index is 13.0. The number of likely N-dealkylation sites (tertiary alicyclic amines) is 1. The Morgan fingerprint density at radius 2 is 2.17 bits per heavy atom. The van der Waals surface area contributed by atoms with Crippen LogP contribution >= 0.6 is 0 Å². The molecule has 0 aromatic heterocycles. The molecule has 3 aliphatic rings. The fraction of sp³-hybridized carbons (Fsp3) is 0.632. The lowest BCUT2D eigenvalue weighted by Crippen LogP contribution is -2.41. The van der Waals surface area contributed by atoms with Crippen LogP contribution in [0.3, 0.4) is 0 Å². The van der Waals surface area contributed by atoms with Gasteiger partial charge < -0.3 is 20.1 Å². The highest BCUT2D eigenvalue weighted by atomic mass is 16.5. The van der Waals surface area contributed by atoms with Gasteiger partial charge in [-0.1, -0.05) is 12.2 Å². The first-order valence-corrected chi connectivity index (χ1v) is 9.09. The summed E-state index contributed by atoms with van der Waals surface area (Å²) in [5, 5.41) is 13.6. The second-order valence-electron chi connectivity index (χ2n) is 6.71. The number of allylic oxidation sites excluding steroid dienone is 3. The highest BCUT2D eigenvalue weighted by molar-refractivity contribution is 5.83. The Balaban J connectivity index is 1.83. The van der Waals surface area contributed by atoms with E-state index in [1.54, 1.807) is 6.08 Å². The van der Waals surface area contributed by atoms with Gasteiger partial charge in [-0.3, -0.25) is 4.79 Å². The molecular weight excluding hydrogens is 304 g/mol. The van der Waals surface area contributed by atoms with E-state index in [1.807, 2.05) is 24.0 Å². The average molecular weight is 332 g/mol. The van der Waals surface area contributed by atoms with Crippen molar-refractivity contribution in [3.8, 4) is 0 Å². The molecule has 0 aromatic carbocycles. The van der Waals surface area contributed by atoms with Crippen LogP contribution in [-0.2, 0) is 9.53 Å². The zero-order valence-electron chi connectivity index (χ0n) is 14.5. The molecule has 2 heterocycles.